The third-order valence-electron chi connectivity index (χ3n) is 6.03. The Kier molecular flexibility index (Phi) is 4.67. The first-order chi connectivity index (χ1) is 14.8. The number of benzene rings is 2. The molecule has 0 N–H and O–H groups in total. The van der Waals surface area contributed by atoms with E-state index in [9.17, 15) is 17.6 Å². The number of nitrogens with zero attached hydrogens (tertiary/aromatic N) is 4. The van der Waals surface area contributed by atoms with Gasteiger partial charge >= 0.3 is 0 Å². The number of imidazole rings is 1. The van der Waals surface area contributed by atoms with Gasteiger partial charge in [-0.3, -0.25) is 4.79 Å². The molecule has 1 amide bonds. The first-order valence-electron chi connectivity index (χ1n) is 9.98. The molecular weight excluding hydrogens is 419 g/mol. The molecule has 160 valence electrons. The molecule has 1 saturated heterocycles. The van der Waals surface area contributed by atoms with E-state index in [2.05, 4.69) is 4.98 Å². The van der Waals surface area contributed by atoms with Crippen molar-refractivity contribution < 1.29 is 17.6 Å². The fourth-order valence-electron chi connectivity index (χ4n) is 4.54. The van der Waals surface area contributed by atoms with E-state index in [1.165, 1.54) is 29.0 Å². The van der Waals surface area contributed by atoms with Crippen molar-refractivity contribution in [1.82, 2.24) is 13.9 Å². The highest BCUT2D eigenvalue weighted by Gasteiger charge is 2.46. The lowest BCUT2D eigenvalue weighted by molar-refractivity contribution is -0.117. The summed E-state index contributed by atoms with van der Waals surface area (Å²) < 4.78 is 43.0. The number of hydrogen-bond acceptors (Lipinski definition) is 4. The molecule has 0 unspecified atom stereocenters. The molecule has 5 rings (SSSR count). The average Bonchev–Trinajstić information content (AvgIpc) is 3.45. The normalized spacial score (nSPS) is 21.6. The molecule has 3 aromatic rings. The van der Waals surface area contributed by atoms with Gasteiger partial charge in [0.05, 0.1) is 18.8 Å². The standard InChI is InChI=1S/C22H21FN4O3S/c1-25-13-21(24-14-25)31(29,30)26-11-18(15-6-8-17(23)9-7-15)20(12-26)27-19-5-3-2-4-16(19)10-22(27)28/h2-9,13-14,18,20H,10-12H2,1H3/t18-,20+/m1/s1. The molecular formula is C22H21FN4O3S. The van der Waals surface area contributed by atoms with Crippen LogP contribution in [0.2, 0.25) is 0 Å². The van der Waals surface area contributed by atoms with E-state index in [0.29, 0.717) is 0 Å². The van der Waals surface area contributed by atoms with E-state index < -0.39 is 16.1 Å². The Balaban J connectivity index is 1.56. The van der Waals surface area contributed by atoms with Crippen LogP contribution in [0.3, 0.4) is 0 Å². The number of amides is 1. The van der Waals surface area contributed by atoms with Crippen LogP contribution in [0.25, 0.3) is 0 Å². The topological polar surface area (TPSA) is 75.5 Å². The summed E-state index contributed by atoms with van der Waals surface area (Å²) in [5, 5.41) is -0.0262. The third-order valence-corrected chi connectivity index (χ3v) is 7.75. The van der Waals surface area contributed by atoms with Gasteiger partial charge in [0, 0.05) is 37.9 Å². The second-order valence-corrected chi connectivity index (χ2v) is 9.88. The zero-order chi connectivity index (χ0) is 21.8. The number of hydrogen-bond donors (Lipinski definition) is 0. The molecule has 0 bridgehead atoms. The fraction of sp³-hybridized carbons (Fsp3) is 0.273. The molecule has 0 radical (unpaired) electrons. The molecule has 9 heteroatoms. The number of carbonyl (C=O) groups excluding carboxylic acids is 1. The lowest BCUT2D eigenvalue weighted by Gasteiger charge is -2.29. The molecule has 2 atom stereocenters. The van der Waals surface area contributed by atoms with Gasteiger partial charge in [0.1, 0.15) is 5.82 Å². The lowest BCUT2D eigenvalue weighted by Crippen LogP contribution is -2.43. The van der Waals surface area contributed by atoms with Crippen LogP contribution >= 0.6 is 0 Å². The number of carbonyl (C=O) groups is 1. The van der Waals surface area contributed by atoms with Crippen LogP contribution in [-0.4, -0.2) is 47.3 Å². The van der Waals surface area contributed by atoms with Crippen molar-refractivity contribution in [3.05, 3.63) is 78.0 Å². The summed E-state index contributed by atoms with van der Waals surface area (Å²) in [6, 6.07) is 13.2. The third kappa shape index (κ3) is 3.34. The van der Waals surface area contributed by atoms with Crippen molar-refractivity contribution in [1.29, 1.82) is 0 Å². The molecule has 31 heavy (non-hydrogen) atoms. The van der Waals surface area contributed by atoms with E-state index in [4.69, 9.17) is 0 Å². The van der Waals surface area contributed by atoms with Crippen LogP contribution in [0.15, 0.2) is 66.1 Å². The van der Waals surface area contributed by atoms with E-state index >= 15 is 0 Å². The van der Waals surface area contributed by atoms with Crippen molar-refractivity contribution in [2.45, 2.75) is 23.4 Å². The average molecular weight is 441 g/mol. The van der Waals surface area contributed by atoms with Gasteiger partial charge in [-0.05, 0) is 29.3 Å². The highest BCUT2D eigenvalue weighted by molar-refractivity contribution is 7.89. The van der Waals surface area contributed by atoms with Crippen molar-refractivity contribution >= 4 is 21.6 Å². The number of para-hydroxylation sites is 1. The minimum atomic E-state index is -3.83. The van der Waals surface area contributed by atoms with Crippen molar-refractivity contribution in [3.63, 3.8) is 0 Å². The minimum Gasteiger partial charge on any atom is -0.339 e. The minimum absolute atomic E-state index is 0.0262. The zero-order valence-corrected chi connectivity index (χ0v) is 17.7. The summed E-state index contributed by atoms with van der Waals surface area (Å²) in [5.74, 6) is -0.719. The summed E-state index contributed by atoms with van der Waals surface area (Å²) in [6.45, 7) is 0.322. The molecule has 0 spiro atoms. The Morgan fingerprint density at radius 2 is 1.81 bits per heavy atom. The number of rotatable bonds is 4. The van der Waals surface area contributed by atoms with Gasteiger partial charge < -0.3 is 9.47 Å². The summed E-state index contributed by atoms with van der Waals surface area (Å²) in [4.78, 5) is 18.7. The van der Waals surface area contributed by atoms with Crippen LogP contribution in [-0.2, 0) is 28.3 Å². The summed E-state index contributed by atoms with van der Waals surface area (Å²) in [6.07, 6.45) is 3.19. The molecule has 2 aliphatic rings. The van der Waals surface area contributed by atoms with Crippen LogP contribution in [0, 0.1) is 5.82 Å². The first kappa shape index (κ1) is 19.9. The van der Waals surface area contributed by atoms with Crippen LogP contribution < -0.4 is 4.90 Å². The highest BCUT2D eigenvalue weighted by atomic mass is 32.2. The quantitative estimate of drug-likeness (QED) is 0.624. The maximum Gasteiger partial charge on any atom is 0.262 e. The zero-order valence-electron chi connectivity index (χ0n) is 16.8. The molecule has 0 aliphatic carbocycles. The molecule has 2 aromatic carbocycles. The van der Waals surface area contributed by atoms with E-state index in [-0.39, 0.29) is 42.2 Å². The smallest absolute Gasteiger partial charge is 0.262 e. The van der Waals surface area contributed by atoms with Crippen molar-refractivity contribution in [2.75, 3.05) is 18.0 Å². The summed E-state index contributed by atoms with van der Waals surface area (Å²) >= 11 is 0. The van der Waals surface area contributed by atoms with Crippen molar-refractivity contribution in [2.24, 2.45) is 7.05 Å². The van der Waals surface area contributed by atoms with Crippen LogP contribution in [0.5, 0.6) is 0 Å². The van der Waals surface area contributed by atoms with Crippen LogP contribution in [0.1, 0.15) is 17.0 Å². The van der Waals surface area contributed by atoms with Gasteiger partial charge in [0.2, 0.25) is 5.91 Å². The molecule has 7 nitrogen and oxygen atoms in total. The molecule has 1 aromatic heterocycles. The molecule has 0 saturated carbocycles. The SMILES string of the molecule is Cn1cnc(S(=O)(=O)N2C[C@H](c3ccc(F)cc3)[C@@H](N3C(=O)Cc4ccccc43)C2)c1. The van der Waals surface area contributed by atoms with E-state index in [1.807, 2.05) is 24.3 Å². The second kappa shape index (κ2) is 7.28. The maximum atomic E-state index is 13.5. The Bertz CT molecular complexity index is 1260. The van der Waals surface area contributed by atoms with Crippen molar-refractivity contribution in [3.8, 4) is 0 Å². The van der Waals surface area contributed by atoms with Crippen LogP contribution in [0.4, 0.5) is 10.1 Å². The van der Waals surface area contributed by atoms with E-state index in [0.717, 1.165) is 16.8 Å². The largest absolute Gasteiger partial charge is 0.339 e. The monoisotopic (exact) mass is 440 g/mol. The fourth-order valence-corrected chi connectivity index (χ4v) is 5.99. The highest BCUT2D eigenvalue weighted by Crippen LogP contribution is 2.40. The van der Waals surface area contributed by atoms with Gasteiger partial charge in [-0.25, -0.2) is 17.8 Å². The maximum absolute atomic E-state index is 13.5. The number of halogens is 1. The number of sulfonamides is 1. The number of aromatic nitrogens is 2. The Labute approximate surface area is 179 Å². The molecule has 2 aliphatic heterocycles. The molecule has 1 fully saturated rings. The lowest BCUT2D eigenvalue weighted by atomic mass is 9.93. The number of anilines is 1. The first-order valence-corrected chi connectivity index (χ1v) is 11.4. The summed E-state index contributed by atoms with van der Waals surface area (Å²) in [7, 11) is -2.13. The Hall–Kier alpha value is -3.04. The molecule has 3 heterocycles. The van der Waals surface area contributed by atoms with Gasteiger partial charge in [-0.15, -0.1) is 0 Å². The van der Waals surface area contributed by atoms with Gasteiger partial charge in [0.15, 0.2) is 5.03 Å². The predicted molar refractivity (Wildman–Crippen MR) is 113 cm³/mol. The Morgan fingerprint density at radius 1 is 1.06 bits per heavy atom. The number of fused-ring (bicyclic) bond motifs is 1. The summed E-state index contributed by atoms with van der Waals surface area (Å²) in [5.41, 5.74) is 2.53. The van der Waals surface area contributed by atoms with Gasteiger partial charge in [-0.1, -0.05) is 30.3 Å². The predicted octanol–water partition coefficient (Wildman–Crippen LogP) is 2.31. The van der Waals surface area contributed by atoms with Gasteiger partial charge in [-0.2, -0.15) is 4.31 Å². The Morgan fingerprint density at radius 3 is 2.52 bits per heavy atom. The van der Waals surface area contributed by atoms with E-state index in [1.54, 1.807) is 28.6 Å². The number of aryl methyl sites for hydroxylation is 1. The van der Waals surface area contributed by atoms with Gasteiger partial charge in [0.25, 0.3) is 10.0 Å². The second-order valence-electron chi connectivity index (χ2n) is 7.99.